The Balaban J connectivity index is 1.31. The normalized spacial score (nSPS) is 24.8. The molecule has 200 valence electrons. The van der Waals surface area contributed by atoms with Gasteiger partial charge in [0.1, 0.15) is 17.8 Å². The van der Waals surface area contributed by atoms with Crippen LogP contribution in [0.3, 0.4) is 0 Å². The second kappa shape index (κ2) is 9.84. The molecule has 2 aliphatic heterocycles. The molecule has 6 rings (SSSR count). The third-order valence-corrected chi connectivity index (χ3v) is 8.54. The molecule has 39 heavy (non-hydrogen) atoms. The zero-order chi connectivity index (χ0) is 27.1. The summed E-state index contributed by atoms with van der Waals surface area (Å²) in [5, 5.41) is 11.4. The van der Waals surface area contributed by atoms with Gasteiger partial charge in [0.25, 0.3) is 11.8 Å². The Morgan fingerprint density at radius 2 is 1.82 bits per heavy atom. The largest absolute Gasteiger partial charge is 0.497 e. The molecule has 4 amide bonds. The van der Waals surface area contributed by atoms with Gasteiger partial charge in [-0.1, -0.05) is 68.3 Å². The van der Waals surface area contributed by atoms with E-state index in [2.05, 4.69) is 29.6 Å². The standard InChI is InChI=1S/C31H32N4O4/c1-20-7-5-6-16-31(20)29(37)34(30(38)32-31)19-28(36)35-27(22-12-14-25(39-2)15-13-22)18-26(33-35)24-11-10-21-8-3-4-9-23(21)17-24/h3-4,8-15,17,20,27H,5-7,16,18-19H2,1-2H3,(H,32,38)/t20-,27-,31-/m0/s1. The molecule has 8 nitrogen and oxygen atoms in total. The number of urea groups is 1. The van der Waals surface area contributed by atoms with Crippen molar-refractivity contribution in [2.24, 2.45) is 11.0 Å². The first kappa shape index (κ1) is 25.1. The summed E-state index contributed by atoms with van der Waals surface area (Å²) in [7, 11) is 1.61. The Morgan fingerprint density at radius 3 is 2.56 bits per heavy atom. The number of rotatable bonds is 5. The summed E-state index contributed by atoms with van der Waals surface area (Å²) >= 11 is 0. The van der Waals surface area contributed by atoms with Crippen LogP contribution in [0.25, 0.3) is 10.8 Å². The fourth-order valence-corrected chi connectivity index (χ4v) is 6.22. The summed E-state index contributed by atoms with van der Waals surface area (Å²) in [6, 6.07) is 21.0. The summed E-state index contributed by atoms with van der Waals surface area (Å²) in [5.74, 6) is 0.0540. The van der Waals surface area contributed by atoms with Crippen molar-refractivity contribution >= 4 is 34.3 Å². The number of hydrazone groups is 1. The van der Waals surface area contributed by atoms with Gasteiger partial charge in [0.2, 0.25) is 0 Å². The first-order chi connectivity index (χ1) is 18.9. The molecule has 3 aromatic carbocycles. The number of benzene rings is 3. The van der Waals surface area contributed by atoms with Crippen molar-refractivity contribution in [1.29, 1.82) is 0 Å². The van der Waals surface area contributed by atoms with Crippen molar-refractivity contribution in [3.63, 3.8) is 0 Å². The molecule has 0 bridgehead atoms. The maximum atomic E-state index is 13.8. The molecule has 1 N–H and O–H groups in total. The van der Waals surface area contributed by atoms with E-state index in [-0.39, 0.29) is 24.4 Å². The zero-order valence-corrected chi connectivity index (χ0v) is 22.2. The van der Waals surface area contributed by atoms with E-state index in [4.69, 9.17) is 9.84 Å². The third-order valence-electron chi connectivity index (χ3n) is 8.54. The number of carbonyl (C=O) groups is 3. The van der Waals surface area contributed by atoms with Crippen molar-refractivity contribution in [3.8, 4) is 5.75 Å². The van der Waals surface area contributed by atoms with E-state index in [0.717, 1.165) is 57.5 Å². The fourth-order valence-electron chi connectivity index (χ4n) is 6.22. The maximum Gasteiger partial charge on any atom is 0.325 e. The topological polar surface area (TPSA) is 91.3 Å². The Kier molecular flexibility index (Phi) is 6.33. The number of ether oxygens (including phenoxy) is 1. The van der Waals surface area contributed by atoms with E-state index >= 15 is 0 Å². The van der Waals surface area contributed by atoms with Gasteiger partial charge in [0.15, 0.2) is 0 Å². The lowest BCUT2D eigenvalue weighted by Gasteiger charge is -2.36. The minimum Gasteiger partial charge on any atom is -0.497 e. The Bertz CT molecular complexity index is 1480. The maximum absolute atomic E-state index is 13.8. The monoisotopic (exact) mass is 524 g/mol. The molecule has 2 fully saturated rings. The van der Waals surface area contributed by atoms with Crippen LogP contribution in [0.2, 0.25) is 0 Å². The van der Waals surface area contributed by atoms with Crippen LogP contribution < -0.4 is 10.1 Å². The van der Waals surface area contributed by atoms with Crippen molar-refractivity contribution in [2.45, 2.75) is 50.6 Å². The van der Waals surface area contributed by atoms with Crippen LogP contribution in [-0.4, -0.2) is 52.7 Å². The average Bonchev–Trinajstić information content (AvgIpc) is 3.51. The molecular formula is C31H32N4O4. The van der Waals surface area contributed by atoms with E-state index in [1.807, 2.05) is 49.4 Å². The van der Waals surface area contributed by atoms with E-state index in [1.54, 1.807) is 7.11 Å². The van der Waals surface area contributed by atoms with E-state index in [9.17, 15) is 14.4 Å². The number of fused-ring (bicyclic) bond motifs is 1. The summed E-state index contributed by atoms with van der Waals surface area (Å²) < 4.78 is 5.32. The van der Waals surface area contributed by atoms with E-state index < -0.39 is 17.5 Å². The lowest BCUT2D eigenvalue weighted by molar-refractivity contribution is -0.141. The molecule has 0 unspecified atom stereocenters. The van der Waals surface area contributed by atoms with Gasteiger partial charge in [-0.2, -0.15) is 5.10 Å². The lowest BCUT2D eigenvalue weighted by Crippen LogP contribution is -2.54. The number of hydrogen-bond donors (Lipinski definition) is 1. The number of nitrogens with one attached hydrogen (secondary N) is 1. The highest BCUT2D eigenvalue weighted by Crippen LogP contribution is 2.39. The molecular weight excluding hydrogens is 492 g/mol. The minimum absolute atomic E-state index is 0.0270. The molecule has 0 radical (unpaired) electrons. The van der Waals surface area contributed by atoms with Crippen molar-refractivity contribution in [3.05, 3.63) is 77.9 Å². The van der Waals surface area contributed by atoms with Gasteiger partial charge in [0, 0.05) is 6.42 Å². The first-order valence-corrected chi connectivity index (χ1v) is 13.6. The van der Waals surface area contributed by atoms with Crippen molar-refractivity contribution < 1.29 is 19.1 Å². The molecule has 1 saturated heterocycles. The van der Waals surface area contributed by atoms with Gasteiger partial charge >= 0.3 is 6.03 Å². The molecule has 2 heterocycles. The van der Waals surface area contributed by atoms with E-state index in [0.29, 0.717) is 12.8 Å². The first-order valence-electron chi connectivity index (χ1n) is 13.6. The van der Waals surface area contributed by atoms with Gasteiger partial charge in [-0.25, -0.2) is 9.80 Å². The highest BCUT2D eigenvalue weighted by Gasteiger charge is 2.55. The quantitative estimate of drug-likeness (QED) is 0.474. The SMILES string of the molecule is COc1ccc([C@@H]2CC(c3ccc4ccccc4c3)=NN2C(=O)CN2C(=O)N[C@]3(CCCC[C@@H]3C)C2=O)cc1. The van der Waals surface area contributed by atoms with Crippen LogP contribution in [-0.2, 0) is 9.59 Å². The second-order valence-corrected chi connectivity index (χ2v) is 10.8. The second-order valence-electron chi connectivity index (χ2n) is 10.8. The van der Waals surface area contributed by atoms with Gasteiger partial charge in [-0.15, -0.1) is 0 Å². The zero-order valence-electron chi connectivity index (χ0n) is 22.2. The lowest BCUT2D eigenvalue weighted by atomic mass is 9.73. The predicted molar refractivity (Wildman–Crippen MR) is 148 cm³/mol. The Hall–Kier alpha value is -4.20. The Labute approximate surface area is 227 Å². The smallest absolute Gasteiger partial charge is 0.325 e. The number of nitrogens with zero attached hydrogens (tertiary/aromatic N) is 3. The summed E-state index contributed by atoms with van der Waals surface area (Å²) in [6.07, 6.45) is 3.90. The van der Waals surface area contributed by atoms with Crippen LogP contribution >= 0.6 is 0 Å². The third kappa shape index (κ3) is 4.33. The average molecular weight is 525 g/mol. The molecule has 3 aliphatic rings. The molecule has 3 aromatic rings. The molecule has 8 heteroatoms. The van der Waals surface area contributed by atoms with E-state index in [1.165, 1.54) is 5.01 Å². The number of carbonyl (C=O) groups excluding carboxylic acids is 3. The number of hydrogen-bond acceptors (Lipinski definition) is 5. The summed E-state index contributed by atoms with van der Waals surface area (Å²) in [5.41, 5.74) is 1.71. The van der Waals surface area contributed by atoms with Crippen LogP contribution in [0.4, 0.5) is 4.79 Å². The number of methoxy groups -OCH3 is 1. The fraction of sp³-hybridized carbons (Fsp3) is 0.355. The predicted octanol–water partition coefficient (Wildman–Crippen LogP) is 5.03. The molecule has 1 saturated carbocycles. The Morgan fingerprint density at radius 1 is 1.05 bits per heavy atom. The minimum atomic E-state index is -0.907. The molecule has 0 aromatic heterocycles. The van der Waals surface area contributed by atoms with Crippen LogP contribution in [0.15, 0.2) is 71.8 Å². The van der Waals surface area contributed by atoms with Gasteiger partial charge in [0.05, 0.1) is 18.9 Å². The van der Waals surface area contributed by atoms with Crippen molar-refractivity contribution in [1.82, 2.24) is 15.2 Å². The highest BCUT2D eigenvalue weighted by atomic mass is 16.5. The molecule has 3 atom stereocenters. The number of amides is 4. The summed E-state index contributed by atoms with van der Waals surface area (Å²) in [4.78, 5) is 41.3. The number of imide groups is 1. The van der Waals surface area contributed by atoms with Crippen LogP contribution in [0, 0.1) is 5.92 Å². The summed E-state index contributed by atoms with van der Waals surface area (Å²) in [6.45, 7) is 1.66. The van der Waals surface area contributed by atoms with Crippen molar-refractivity contribution in [2.75, 3.05) is 13.7 Å². The molecule has 1 aliphatic carbocycles. The van der Waals surface area contributed by atoms with Gasteiger partial charge in [-0.05, 0) is 58.9 Å². The molecule has 1 spiro atoms. The van der Waals surface area contributed by atoms with Crippen LogP contribution in [0.1, 0.15) is 56.2 Å². The highest BCUT2D eigenvalue weighted by molar-refractivity contribution is 6.10. The van der Waals surface area contributed by atoms with Gasteiger partial charge < -0.3 is 10.1 Å². The van der Waals surface area contributed by atoms with Crippen LogP contribution in [0.5, 0.6) is 5.75 Å². The van der Waals surface area contributed by atoms with Gasteiger partial charge in [-0.3, -0.25) is 14.5 Å².